The number of esters is 1. The van der Waals surface area contributed by atoms with Gasteiger partial charge in [0.15, 0.2) is 0 Å². The zero-order valence-corrected chi connectivity index (χ0v) is 20.5. The summed E-state index contributed by atoms with van der Waals surface area (Å²) in [6, 6.07) is 9.62. The number of aromatic nitrogens is 3. The van der Waals surface area contributed by atoms with E-state index < -0.39 is 6.10 Å². The molecule has 4 rings (SSSR count). The molecule has 0 bridgehead atoms. The SMILES string of the molecule is CCc1nc(-c2cnc(N(C)C)cc2C)n(C)c(=O)c1N[C@H]1c2ccccc2C[C@@H]1OC(C)=O. The maximum Gasteiger partial charge on any atom is 0.302 e. The second-order valence-corrected chi connectivity index (χ2v) is 8.90. The number of aryl methyl sites for hydroxylation is 2. The highest BCUT2D eigenvalue weighted by Crippen LogP contribution is 2.36. The van der Waals surface area contributed by atoms with E-state index in [4.69, 9.17) is 9.72 Å². The number of pyridine rings is 1. The van der Waals surface area contributed by atoms with Crippen LogP contribution in [0.25, 0.3) is 11.4 Å². The first-order valence-electron chi connectivity index (χ1n) is 11.5. The molecule has 0 radical (unpaired) electrons. The van der Waals surface area contributed by atoms with E-state index in [1.54, 1.807) is 17.8 Å². The number of nitrogens with zero attached hydrogens (tertiary/aromatic N) is 4. The van der Waals surface area contributed by atoms with E-state index in [-0.39, 0.29) is 17.6 Å². The van der Waals surface area contributed by atoms with E-state index in [9.17, 15) is 9.59 Å². The van der Waals surface area contributed by atoms with Gasteiger partial charge in [-0.3, -0.25) is 14.2 Å². The summed E-state index contributed by atoms with van der Waals surface area (Å²) in [5, 5.41) is 3.40. The van der Waals surface area contributed by atoms with Crippen molar-refractivity contribution in [2.45, 2.75) is 45.8 Å². The van der Waals surface area contributed by atoms with Crippen molar-refractivity contribution in [3.8, 4) is 11.4 Å². The van der Waals surface area contributed by atoms with E-state index in [1.165, 1.54) is 6.92 Å². The second-order valence-electron chi connectivity index (χ2n) is 8.90. The molecule has 0 fully saturated rings. The maximum absolute atomic E-state index is 13.6. The molecule has 1 aliphatic carbocycles. The Bertz CT molecular complexity index is 1300. The van der Waals surface area contributed by atoms with Crippen molar-refractivity contribution in [2.24, 2.45) is 7.05 Å². The predicted molar refractivity (Wildman–Crippen MR) is 133 cm³/mol. The van der Waals surface area contributed by atoms with Crippen LogP contribution in [0.5, 0.6) is 0 Å². The smallest absolute Gasteiger partial charge is 0.302 e. The van der Waals surface area contributed by atoms with Gasteiger partial charge < -0.3 is 15.0 Å². The van der Waals surface area contributed by atoms with Crippen LogP contribution in [0.15, 0.2) is 41.3 Å². The summed E-state index contributed by atoms with van der Waals surface area (Å²) in [6.45, 7) is 5.38. The van der Waals surface area contributed by atoms with Crippen LogP contribution in [-0.4, -0.2) is 40.7 Å². The molecule has 0 amide bonds. The Labute approximate surface area is 199 Å². The third-order valence-corrected chi connectivity index (χ3v) is 6.30. The van der Waals surface area contributed by atoms with Crippen molar-refractivity contribution in [3.63, 3.8) is 0 Å². The number of nitrogens with one attached hydrogen (secondary N) is 1. The molecule has 0 saturated heterocycles. The van der Waals surface area contributed by atoms with Crippen LogP contribution in [0.3, 0.4) is 0 Å². The van der Waals surface area contributed by atoms with Crippen LogP contribution in [0, 0.1) is 6.92 Å². The first-order valence-corrected chi connectivity index (χ1v) is 11.5. The fourth-order valence-electron chi connectivity index (χ4n) is 4.52. The lowest BCUT2D eigenvalue weighted by atomic mass is 10.1. The summed E-state index contributed by atoms with van der Waals surface area (Å²) in [7, 11) is 5.60. The van der Waals surface area contributed by atoms with Gasteiger partial charge in [-0.1, -0.05) is 31.2 Å². The maximum atomic E-state index is 13.6. The standard InChI is InChI=1S/C26H31N5O3/c1-7-20-24(29-23-18-11-9-8-10-17(18)13-21(23)34-16(3)32)26(33)31(6)25(28-20)19-14-27-22(30(4)5)12-15(19)2/h8-12,14,21,23,29H,7,13H2,1-6H3/t21-,23-/m0/s1. The van der Waals surface area contributed by atoms with Gasteiger partial charge in [0.1, 0.15) is 23.4 Å². The second kappa shape index (κ2) is 9.29. The topological polar surface area (TPSA) is 89.3 Å². The molecule has 2 atom stereocenters. The third kappa shape index (κ3) is 4.27. The van der Waals surface area contributed by atoms with Gasteiger partial charge in [0, 0.05) is 46.2 Å². The molecule has 0 spiro atoms. The molecule has 1 N–H and O–H groups in total. The largest absolute Gasteiger partial charge is 0.460 e. The Morgan fingerprint density at radius 2 is 2.03 bits per heavy atom. The average molecular weight is 462 g/mol. The fraction of sp³-hybridized carbons (Fsp3) is 0.385. The number of hydrogen-bond acceptors (Lipinski definition) is 7. The molecule has 34 heavy (non-hydrogen) atoms. The molecule has 2 heterocycles. The zero-order chi connectivity index (χ0) is 24.6. The number of carbonyl (C=O) groups excluding carboxylic acids is 1. The van der Waals surface area contributed by atoms with Gasteiger partial charge in [-0.25, -0.2) is 9.97 Å². The van der Waals surface area contributed by atoms with Crippen molar-refractivity contribution < 1.29 is 9.53 Å². The van der Waals surface area contributed by atoms with Gasteiger partial charge >= 0.3 is 5.97 Å². The van der Waals surface area contributed by atoms with E-state index in [1.807, 2.05) is 63.2 Å². The van der Waals surface area contributed by atoms with Crippen LogP contribution >= 0.6 is 0 Å². The summed E-state index contributed by atoms with van der Waals surface area (Å²) >= 11 is 0. The highest BCUT2D eigenvalue weighted by Gasteiger charge is 2.35. The van der Waals surface area contributed by atoms with E-state index >= 15 is 0 Å². The average Bonchev–Trinajstić information content (AvgIpc) is 3.13. The number of anilines is 2. The number of carbonyl (C=O) groups is 1. The molecule has 0 saturated carbocycles. The fourth-order valence-corrected chi connectivity index (χ4v) is 4.52. The Balaban J connectivity index is 1.77. The molecule has 1 aliphatic rings. The predicted octanol–water partition coefficient (Wildman–Crippen LogP) is 3.42. The minimum atomic E-state index is -0.394. The highest BCUT2D eigenvalue weighted by atomic mass is 16.5. The van der Waals surface area contributed by atoms with Crippen LogP contribution in [-0.2, 0) is 29.4 Å². The molecule has 0 unspecified atom stereocenters. The molecule has 0 aliphatic heterocycles. The van der Waals surface area contributed by atoms with Crippen LogP contribution < -0.4 is 15.8 Å². The van der Waals surface area contributed by atoms with Gasteiger partial charge in [0.25, 0.3) is 5.56 Å². The van der Waals surface area contributed by atoms with Crippen molar-refractivity contribution >= 4 is 17.5 Å². The van der Waals surface area contributed by atoms with E-state index in [2.05, 4.69) is 10.3 Å². The summed E-state index contributed by atoms with van der Waals surface area (Å²) < 4.78 is 7.18. The summed E-state index contributed by atoms with van der Waals surface area (Å²) in [5.41, 5.74) is 4.86. The lowest BCUT2D eigenvalue weighted by molar-refractivity contribution is -0.146. The molecular formula is C26H31N5O3. The van der Waals surface area contributed by atoms with Crippen LogP contribution in [0.1, 0.15) is 42.3 Å². The first kappa shape index (κ1) is 23.5. The first-order chi connectivity index (χ1) is 16.2. The van der Waals surface area contributed by atoms with Crippen LogP contribution in [0.2, 0.25) is 0 Å². The number of fused-ring (bicyclic) bond motifs is 1. The molecule has 8 nitrogen and oxygen atoms in total. The van der Waals surface area contributed by atoms with Gasteiger partial charge in [-0.05, 0) is 36.1 Å². The number of rotatable bonds is 6. The van der Waals surface area contributed by atoms with E-state index in [0.717, 1.165) is 28.1 Å². The molecule has 3 aromatic rings. The van der Waals surface area contributed by atoms with Crippen molar-refractivity contribution in [1.82, 2.24) is 14.5 Å². The van der Waals surface area contributed by atoms with Crippen molar-refractivity contribution in [2.75, 3.05) is 24.3 Å². The lowest BCUT2D eigenvalue weighted by Gasteiger charge is -2.24. The van der Waals surface area contributed by atoms with Gasteiger partial charge in [-0.2, -0.15) is 0 Å². The monoisotopic (exact) mass is 461 g/mol. The summed E-state index contributed by atoms with van der Waals surface area (Å²) in [6.07, 6.45) is 2.54. The molecule has 8 heteroatoms. The highest BCUT2D eigenvalue weighted by molar-refractivity contribution is 5.67. The number of ether oxygens (including phenoxy) is 1. The Morgan fingerprint density at radius 3 is 2.68 bits per heavy atom. The van der Waals surface area contributed by atoms with Gasteiger partial charge in [0.05, 0.1) is 11.7 Å². The molecule has 1 aromatic carbocycles. The third-order valence-electron chi connectivity index (χ3n) is 6.30. The van der Waals surface area contributed by atoms with E-state index in [0.29, 0.717) is 30.0 Å². The zero-order valence-electron chi connectivity index (χ0n) is 20.5. The summed E-state index contributed by atoms with van der Waals surface area (Å²) in [5.74, 6) is 1.08. The molecular weight excluding hydrogens is 430 g/mol. The Morgan fingerprint density at radius 1 is 1.29 bits per heavy atom. The molecule has 178 valence electrons. The normalized spacial score (nSPS) is 16.8. The molecule has 2 aromatic heterocycles. The van der Waals surface area contributed by atoms with Gasteiger partial charge in [-0.15, -0.1) is 0 Å². The van der Waals surface area contributed by atoms with Crippen LogP contribution in [0.4, 0.5) is 11.5 Å². The minimum absolute atomic E-state index is 0.177. The number of hydrogen-bond donors (Lipinski definition) is 1. The quantitative estimate of drug-likeness (QED) is 0.563. The van der Waals surface area contributed by atoms with Gasteiger partial charge in [0.2, 0.25) is 0 Å². The summed E-state index contributed by atoms with van der Waals surface area (Å²) in [4.78, 5) is 36.7. The number of benzene rings is 1. The Hall–Kier alpha value is -3.68. The Kier molecular flexibility index (Phi) is 6.41. The minimum Gasteiger partial charge on any atom is -0.460 e. The van der Waals surface area contributed by atoms with Crippen molar-refractivity contribution in [3.05, 3.63) is 69.3 Å². The van der Waals surface area contributed by atoms with Crippen molar-refractivity contribution in [1.29, 1.82) is 0 Å². The lowest BCUT2D eigenvalue weighted by Crippen LogP contribution is -2.32.